The Morgan fingerprint density at radius 2 is 1.94 bits per heavy atom. The Morgan fingerprint density at radius 1 is 1.16 bits per heavy atom. The molecule has 1 atom stereocenters. The van der Waals surface area contributed by atoms with Gasteiger partial charge in [0, 0.05) is 58.0 Å². The molecule has 2 aromatic rings. The molecular formula is C25H36N6O. The first-order valence-corrected chi connectivity index (χ1v) is 11.6. The number of fused-ring (bicyclic) bond motifs is 1. The van der Waals surface area contributed by atoms with Crippen molar-refractivity contribution < 1.29 is 4.74 Å². The van der Waals surface area contributed by atoms with Crippen molar-refractivity contribution in [3.63, 3.8) is 0 Å². The van der Waals surface area contributed by atoms with E-state index in [1.54, 1.807) is 0 Å². The van der Waals surface area contributed by atoms with Gasteiger partial charge in [-0.05, 0) is 38.1 Å². The summed E-state index contributed by atoms with van der Waals surface area (Å²) in [6.45, 7) is 12.6. The maximum absolute atomic E-state index is 6.15. The summed E-state index contributed by atoms with van der Waals surface area (Å²) in [6.07, 6.45) is 2.83. The van der Waals surface area contributed by atoms with Crippen molar-refractivity contribution in [2.45, 2.75) is 45.4 Å². The van der Waals surface area contributed by atoms with E-state index in [1.807, 2.05) is 25.4 Å². The number of likely N-dealkylation sites (N-methyl/N-ethyl adjacent to an activating group) is 1. The largest absolute Gasteiger partial charge is 0.487 e. The third kappa shape index (κ3) is 5.33. The van der Waals surface area contributed by atoms with E-state index >= 15 is 0 Å². The molecule has 2 aliphatic heterocycles. The topological polar surface area (TPSA) is 65.0 Å². The Labute approximate surface area is 191 Å². The van der Waals surface area contributed by atoms with E-state index in [-0.39, 0.29) is 11.6 Å². The highest BCUT2D eigenvalue weighted by Crippen LogP contribution is 2.39. The van der Waals surface area contributed by atoms with E-state index in [0.717, 1.165) is 62.2 Å². The van der Waals surface area contributed by atoms with Crippen LogP contribution in [0.1, 0.15) is 44.4 Å². The molecule has 1 aromatic heterocycles. The van der Waals surface area contributed by atoms with Crippen molar-refractivity contribution in [1.82, 2.24) is 20.5 Å². The van der Waals surface area contributed by atoms with Crippen LogP contribution in [-0.2, 0) is 6.54 Å². The number of aliphatic imine (C=N–C) groups is 1. The van der Waals surface area contributed by atoms with Crippen LogP contribution in [0.25, 0.3) is 0 Å². The lowest BCUT2D eigenvalue weighted by atomic mass is 9.90. The molecular weight excluding hydrogens is 400 g/mol. The minimum atomic E-state index is -0.229. The molecule has 2 N–H and O–H groups in total. The number of nitrogens with one attached hydrogen (secondary N) is 2. The number of aromatic nitrogens is 1. The normalized spacial score (nSPS) is 20.9. The van der Waals surface area contributed by atoms with Gasteiger partial charge in [0.05, 0.1) is 6.04 Å². The molecule has 0 saturated carbocycles. The van der Waals surface area contributed by atoms with E-state index in [1.165, 1.54) is 5.56 Å². The second kappa shape index (κ2) is 9.77. The van der Waals surface area contributed by atoms with Crippen molar-refractivity contribution in [2.75, 3.05) is 44.7 Å². The van der Waals surface area contributed by atoms with Gasteiger partial charge in [-0.25, -0.2) is 4.98 Å². The fourth-order valence-corrected chi connectivity index (χ4v) is 4.48. The van der Waals surface area contributed by atoms with Gasteiger partial charge in [0.25, 0.3) is 0 Å². The Hall–Kier alpha value is -2.80. The molecule has 32 heavy (non-hydrogen) atoms. The van der Waals surface area contributed by atoms with Crippen LogP contribution in [0.15, 0.2) is 47.6 Å². The number of anilines is 1. The Bertz CT molecular complexity index is 918. The van der Waals surface area contributed by atoms with E-state index < -0.39 is 0 Å². The lowest BCUT2D eigenvalue weighted by molar-refractivity contribution is 0.0694. The van der Waals surface area contributed by atoms with Gasteiger partial charge in [-0.2, -0.15) is 0 Å². The van der Waals surface area contributed by atoms with Gasteiger partial charge in [0.15, 0.2) is 5.96 Å². The van der Waals surface area contributed by atoms with E-state index in [0.29, 0.717) is 6.54 Å². The van der Waals surface area contributed by atoms with Crippen LogP contribution >= 0.6 is 0 Å². The summed E-state index contributed by atoms with van der Waals surface area (Å²) in [5.41, 5.74) is 2.08. The van der Waals surface area contributed by atoms with Gasteiger partial charge >= 0.3 is 0 Å². The highest BCUT2D eigenvalue weighted by molar-refractivity contribution is 5.80. The molecule has 2 aliphatic rings. The molecule has 1 saturated heterocycles. The quantitative estimate of drug-likeness (QED) is 0.554. The van der Waals surface area contributed by atoms with E-state index in [9.17, 15) is 0 Å². The average molecular weight is 437 g/mol. The standard InChI is InChI=1S/C25H36N6O/c1-5-30-12-14-31(15-13-30)23-11-10-19(17-27-23)18-28-24(26-4)29-21-16-25(2,3)32-22-9-7-6-8-20(21)22/h6-11,17,21H,5,12-16,18H2,1-4H3,(H2,26,28,29). The second-order valence-electron chi connectivity index (χ2n) is 9.17. The third-order valence-corrected chi connectivity index (χ3v) is 6.32. The van der Waals surface area contributed by atoms with Gasteiger partial charge in [0.1, 0.15) is 17.2 Å². The number of benzene rings is 1. The summed E-state index contributed by atoms with van der Waals surface area (Å²) in [4.78, 5) is 14.0. The number of pyridine rings is 1. The minimum Gasteiger partial charge on any atom is -0.487 e. The summed E-state index contributed by atoms with van der Waals surface area (Å²) in [5.74, 6) is 2.78. The molecule has 7 nitrogen and oxygen atoms in total. The molecule has 1 aromatic carbocycles. The number of hydrogen-bond acceptors (Lipinski definition) is 5. The van der Waals surface area contributed by atoms with Gasteiger partial charge in [0.2, 0.25) is 0 Å². The molecule has 3 heterocycles. The zero-order valence-corrected chi connectivity index (χ0v) is 19.8. The van der Waals surface area contributed by atoms with E-state index in [4.69, 9.17) is 9.72 Å². The van der Waals surface area contributed by atoms with Crippen LogP contribution in [0, 0.1) is 0 Å². The number of rotatable bonds is 5. The molecule has 0 aliphatic carbocycles. The molecule has 7 heteroatoms. The summed E-state index contributed by atoms with van der Waals surface area (Å²) in [6, 6.07) is 12.7. The van der Waals surface area contributed by atoms with Gasteiger partial charge in [-0.3, -0.25) is 4.99 Å². The lowest BCUT2D eigenvalue weighted by Crippen LogP contribution is -2.46. The number of ether oxygens (including phenoxy) is 1. The number of hydrogen-bond donors (Lipinski definition) is 2. The Kier molecular flexibility index (Phi) is 6.84. The molecule has 0 radical (unpaired) electrons. The lowest BCUT2D eigenvalue weighted by Gasteiger charge is -2.38. The minimum absolute atomic E-state index is 0.142. The maximum atomic E-state index is 6.15. The first-order valence-electron chi connectivity index (χ1n) is 11.6. The monoisotopic (exact) mass is 436 g/mol. The number of nitrogens with zero attached hydrogens (tertiary/aromatic N) is 4. The van der Waals surface area contributed by atoms with Crippen LogP contribution in [0.5, 0.6) is 5.75 Å². The molecule has 0 amide bonds. The highest BCUT2D eigenvalue weighted by atomic mass is 16.5. The molecule has 0 bridgehead atoms. The van der Waals surface area contributed by atoms with E-state index in [2.05, 4.69) is 70.5 Å². The summed E-state index contributed by atoms with van der Waals surface area (Å²) in [5, 5.41) is 7.03. The zero-order valence-electron chi connectivity index (χ0n) is 19.8. The number of guanidine groups is 1. The first-order chi connectivity index (χ1) is 15.5. The van der Waals surface area contributed by atoms with Crippen molar-refractivity contribution in [3.8, 4) is 5.75 Å². The molecule has 1 unspecified atom stereocenters. The van der Waals surface area contributed by atoms with Crippen molar-refractivity contribution in [1.29, 1.82) is 0 Å². The average Bonchev–Trinajstić information content (AvgIpc) is 2.81. The Morgan fingerprint density at radius 3 is 2.62 bits per heavy atom. The van der Waals surface area contributed by atoms with Crippen LogP contribution < -0.4 is 20.3 Å². The van der Waals surface area contributed by atoms with Crippen LogP contribution in [0.3, 0.4) is 0 Å². The van der Waals surface area contributed by atoms with Crippen LogP contribution in [0.2, 0.25) is 0 Å². The van der Waals surface area contributed by atoms with Crippen LogP contribution in [-0.4, -0.2) is 61.2 Å². The third-order valence-electron chi connectivity index (χ3n) is 6.32. The smallest absolute Gasteiger partial charge is 0.191 e. The highest BCUT2D eigenvalue weighted by Gasteiger charge is 2.33. The fraction of sp³-hybridized carbons (Fsp3) is 0.520. The predicted octanol–water partition coefficient (Wildman–Crippen LogP) is 3.19. The summed E-state index contributed by atoms with van der Waals surface area (Å²) >= 11 is 0. The zero-order chi connectivity index (χ0) is 22.6. The molecule has 172 valence electrons. The van der Waals surface area contributed by atoms with Gasteiger partial charge < -0.3 is 25.2 Å². The summed E-state index contributed by atoms with van der Waals surface area (Å²) < 4.78 is 6.15. The fourth-order valence-electron chi connectivity index (χ4n) is 4.48. The maximum Gasteiger partial charge on any atom is 0.191 e. The summed E-state index contributed by atoms with van der Waals surface area (Å²) in [7, 11) is 1.81. The van der Waals surface area contributed by atoms with Crippen molar-refractivity contribution >= 4 is 11.8 Å². The number of piperazine rings is 1. The number of para-hydroxylation sites is 1. The van der Waals surface area contributed by atoms with Crippen LogP contribution in [0.4, 0.5) is 5.82 Å². The van der Waals surface area contributed by atoms with Crippen molar-refractivity contribution in [2.24, 2.45) is 4.99 Å². The molecule has 1 fully saturated rings. The predicted molar refractivity (Wildman–Crippen MR) is 130 cm³/mol. The molecule has 0 spiro atoms. The second-order valence-corrected chi connectivity index (χ2v) is 9.17. The Balaban J connectivity index is 1.34. The van der Waals surface area contributed by atoms with Gasteiger partial charge in [-0.15, -0.1) is 0 Å². The van der Waals surface area contributed by atoms with Crippen molar-refractivity contribution in [3.05, 3.63) is 53.7 Å². The van der Waals surface area contributed by atoms with Gasteiger partial charge in [-0.1, -0.05) is 31.2 Å². The first kappa shape index (κ1) is 22.4. The SMILES string of the molecule is CCN1CCN(c2ccc(CNC(=NC)NC3CC(C)(C)Oc4ccccc43)cn2)CC1. The molecule has 4 rings (SSSR count).